The fourth-order valence-corrected chi connectivity index (χ4v) is 2.89. The summed E-state index contributed by atoms with van der Waals surface area (Å²) in [6, 6.07) is 8.72. The average molecular weight is 369 g/mol. The van der Waals surface area contributed by atoms with Crippen LogP contribution >= 0.6 is 23.2 Å². The van der Waals surface area contributed by atoms with Gasteiger partial charge in [0.1, 0.15) is 5.82 Å². The van der Waals surface area contributed by atoms with Crippen molar-refractivity contribution in [1.29, 1.82) is 0 Å². The molecule has 3 rings (SSSR count). The normalized spacial score (nSPS) is 14.7. The van der Waals surface area contributed by atoms with E-state index in [0.29, 0.717) is 6.04 Å². The van der Waals surface area contributed by atoms with Crippen molar-refractivity contribution < 1.29 is 4.79 Å². The Morgan fingerprint density at radius 2 is 1.75 bits per heavy atom. The highest BCUT2D eigenvalue weighted by molar-refractivity contribution is 6.93. The summed E-state index contributed by atoms with van der Waals surface area (Å²) in [6.07, 6.45) is 6.44. The molecule has 24 heavy (non-hydrogen) atoms. The molecular formula is C17H22Cl2N4O. The van der Waals surface area contributed by atoms with Crippen molar-refractivity contribution in [1.82, 2.24) is 9.97 Å². The number of hydrogen-bond acceptors (Lipinski definition) is 5. The molecule has 1 fully saturated rings. The van der Waals surface area contributed by atoms with Crippen molar-refractivity contribution in [3.63, 3.8) is 0 Å². The molecule has 0 radical (unpaired) electrons. The molecule has 0 saturated heterocycles. The molecule has 0 atom stereocenters. The molecule has 0 unspecified atom stereocenters. The zero-order valence-corrected chi connectivity index (χ0v) is 15.4. The Bertz CT molecular complexity index is 683. The van der Waals surface area contributed by atoms with E-state index in [4.69, 9.17) is 9.78 Å². The van der Waals surface area contributed by atoms with Crippen molar-refractivity contribution in [3.05, 3.63) is 24.3 Å². The Balaban J connectivity index is 0.000000471. The van der Waals surface area contributed by atoms with Gasteiger partial charge in [0.15, 0.2) is 0 Å². The minimum atomic E-state index is -0.889. The third-order valence-electron chi connectivity index (χ3n) is 3.95. The van der Waals surface area contributed by atoms with Crippen LogP contribution in [-0.4, -0.2) is 34.8 Å². The minimum Gasteiger partial charge on any atom is -0.362 e. The van der Waals surface area contributed by atoms with E-state index in [9.17, 15) is 0 Å². The number of anilines is 2. The van der Waals surface area contributed by atoms with E-state index in [-0.39, 0.29) is 0 Å². The van der Waals surface area contributed by atoms with Gasteiger partial charge >= 0.3 is 4.70 Å². The maximum absolute atomic E-state index is 8.98. The second kappa shape index (κ2) is 9.04. The van der Waals surface area contributed by atoms with Crippen LogP contribution in [0.5, 0.6) is 0 Å². The van der Waals surface area contributed by atoms with E-state index in [1.165, 1.54) is 32.1 Å². The summed E-state index contributed by atoms with van der Waals surface area (Å²) in [5, 5.41) is 4.62. The lowest BCUT2D eigenvalue weighted by Crippen LogP contribution is -2.24. The van der Waals surface area contributed by atoms with Crippen molar-refractivity contribution in [3.8, 4) is 0 Å². The first-order valence-corrected chi connectivity index (χ1v) is 8.78. The maximum Gasteiger partial charge on any atom is 0.313 e. The van der Waals surface area contributed by atoms with Crippen molar-refractivity contribution in [2.45, 2.75) is 38.1 Å². The molecule has 0 bridgehead atoms. The van der Waals surface area contributed by atoms with Crippen LogP contribution < -0.4 is 10.2 Å². The van der Waals surface area contributed by atoms with Gasteiger partial charge in [0, 0.05) is 25.5 Å². The molecule has 5 nitrogen and oxygen atoms in total. The number of nitrogens with one attached hydrogen (secondary N) is 1. The van der Waals surface area contributed by atoms with Crippen molar-refractivity contribution >= 4 is 50.6 Å². The number of rotatable bonds is 3. The molecule has 0 aliphatic heterocycles. The molecule has 0 amide bonds. The van der Waals surface area contributed by atoms with E-state index in [2.05, 4.69) is 50.5 Å². The molecule has 1 aromatic heterocycles. The number of carbonyl (C=O) groups excluding carboxylic acids is 1. The second-order valence-corrected chi connectivity index (χ2v) is 6.87. The van der Waals surface area contributed by atoms with Crippen molar-refractivity contribution in [2.75, 3.05) is 24.3 Å². The number of benzene rings is 1. The van der Waals surface area contributed by atoms with Crippen LogP contribution in [0.3, 0.4) is 0 Å². The van der Waals surface area contributed by atoms with Crippen LogP contribution in [-0.2, 0) is 0 Å². The molecule has 2 aromatic rings. The molecule has 0 spiro atoms. The molecule has 1 saturated carbocycles. The average Bonchev–Trinajstić information content (AvgIpc) is 2.54. The molecule has 1 aromatic carbocycles. The zero-order chi connectivity index (χ0) is 17.5. The van der Waals surface area contributed by atoms with Gasteiger partial charge in [0.25, 0.3) is 0 Å². The van der Waals surface area contributed by atoms with Gasteiger partial charge in [-0.05, 0) is 48.2 Å². The predicted molar refractivity (Wildman–Crippen MR) is 101 cm³/mol. The summed E-state index contributed by atoms with van der Waals surface area (Å²) in [5.74, 6) is 1.74. The van der Waals surface area contributed by atoms with Gasteiger partial charge in [-0.15, -0.1) is 0 Å². The molecular weight excluding hydrogens is 347 g/mol. The smallest absolute Gasteiger partial charge is 0.313 e. The Morgan fingerprint density at radius 3 is 2.38 bits per heavy atom. The Kier molecular flexibility index (Phi) is 7.06. The number of aromatic nitrogens is 2. The number of para-hydroxylation sites is 1. The van der Waals surface area contributed by atoms with Crippen molar-refractivity contribution in [2.24, 2.45) is 0 Å². The Labute approximate surface area is 152 Å². The van der Waals surface area contributed by atoms with E-state index >= 15 is 0 Å². The maximum atomic E-state index is 8.98. The third kappa shape index (κ3) is 5.49. The van der Waals surface area contributed by atoms with Crippen LogP contribution in [0.4, 0.5) is 16.6 Å². The lowest BCUT2D eigenvalue weighted by molar-refractivity contribution is 0.275. The first kappa shape index (κ1) is 18.7. The van der Waals surface area contributed by atoms with Gasteiger partial charge in [-0.3, -0.25) is 4.79 Å². The van der Waals surface area contributed by atoms with Crippen LogP contribution in [0, 0.1) is 0 Å². The Hall–Kier alpha value is -1.59. The highest BCUT2D eigenvalue weighted by atomic mass is 35.5. The van der Waals surface area contributed by atoms with Crippen LogP contribution in [0.1, 0.15) is 32.1 Å². The summed E-state index contributed by atoms with van der Waals surface area (Å²) in [6.45, 7) is 0. The number of halogens is 2. The predicted octanol–water partition coefficient (Wildman–Crippen LogP) is 5.02. The summed E-state index contributed by atoms with van der Waals surface area (Å²) in [5.41, 5.74) is 1.00. The van der Waals surface area contributed by atoms with E-state index in [0.717, 1.165) is 22.7 Å². The highest BCUT2D eigenvalue weighted by Crippen LogP contribution is 2.25. The lowest BCUT2D eigenvalue weighted by Gasteiger charge is -2.23. The minimum absolute atomic E-state index is 0.528. The molecule has 1 N–H and O–H groups in total. The van der Waals surface area contributed by atoms with Crippen LogP contribution in [0.2, 0.25) is 0 Å². The van der Waals surface area contributed by atoms with E-state index in [1.54, 1.807) is 0 Å². The van der Waals surface area contributed by atoms with Crippen LogP contribution in [0.25, 0.3) is 10.9 Å². The molecule has 7 heteroatoms. The topological polar surface area (TPSA) is 58.1 Å². The summed E-state index contributed by atoms with van der Waals surface area (Å²) < 4.78 is -0.889. The summed E-state index contributed by atoms with van der Waals surface area (Å²) in [4.78, 5) is 20.4. The first-order chi connectivity index (χ1) is 11.5. The second-order valence-electron chi connectivity index (χ2n) is 5.99. The Morgan fingerprint density at radius 1 is 1.12 bits per heavy atom. The fourth-order valence-electron chi connectivity index (χ4n) is 2.89. The largest absolute Gasteiger partial charge is 0.362 e. The van der Waals surface area contributed by atoms with Gasteiger partial charge < -0.3 is 10.2 Å². The molecule has 1 aliphatic rings. The number of fused-ring (bicyclic) bond motifs is 1. The van der Waals surface area contributed by atoms with Gasteiger partial charge in [0.05, 0.1) is 5.52 Å². The lowest BCUT2D eigenvalue weighted by atomic mass is 9.96. The van der Waals surface area contributed by atoms with Gasteiger partial charge in [-0.2, -0.15) is 4.98 Å². The molecule has 1 heterocycles. The molecule has 1 aliphatic carbocycles. The molecule has 130 valence electrons. The van der Waals surface area contributed by atoms with Gasteiger partial charge in [0.2, 0.25) is 5.95 Å². The zero-order valence-electron chi connectivity index (χ0n) is 13.9. The van der Waals surface area contributed by atoms with Gasteiger partial charge in [-0.1, -0.05) is 31.4 Å². The van der Waals surface area contributed by atoms with Crippen LogP contribution in [0.15, 0.2) is 24.3 Å². The number of carbonyl (C=O) groups is 1. The number of nitrogens with zero attached hydrogens (tertiary/aromatic N) is 3. The highest BCUT2D eigenvalue weighted by Gasteiger charge is 2.15. The first-order valence-electron chi connectivity index (χ1n) is 8.03. The SMILES string of the molecule is CN(C)c1nc(NC2CCCCC2)nc2ccccc12.O=C(Cl)Cl. The number of hydrogen-bond donors (Lipinski definition) is 1. The quantitative estimate of drug-likeness (QED) is 0.770. The standard InChI is InChI=1S/C16H22N4.CCl2O/c1-20(2)15-13-10-6-7-11-14(13)18-16(19-15)17-12-8-4-3-5-9-12;2-1(3)4/h6-7,10-12H,3-5,8-9H2,1-2H3,(H,17,18,19);. The van der Waals surface area contributed by atoms with Gasteiger partial charge in [-0.25, -0.2) is 4.98 Å². The monoisotopic (exact) mass is 368 g/mol. The summed E-state index contributed by atoms with van der Waals surface area (Å²) in [7, 11) is 4.05. The van der Waals surface area contributed by atoms with E-state index < -0.39 is 4.70 Å². The summed E-state index contributed by atoms with van der Waals surface area (Å²) >= 11 is 8.80. The fraction of sp³-hybridized carbons (Fsp3) is 0.471. The van der Waals surface area contributed by atoms with E-state index in [1.807, 2.05) is 26.2 Å². The third-order valence-corrected chi connectivity index (χ3v) is 3.95.